The summed E-state index contributed by atoms with van der Waals surface area (Å²) in [5.74, 6) is 0.829. The zero-order valence-corrected chi connectivity index (χ0v) is 11.3. The fourth-order valence-electron chi connectivity index (χ4n) is 2.27. The summed E-state index contributed by atoms with van der Waals surface area (Å²) >= 11 is 0. The van der Waals surface area contributed by atoms with E-state index in [9.17, 15) is 4.79 Å². The minimum atomic E-state index is 0.119. The van der Waals surface area contributed by atoms with Crippen molar-refractivity contribution in [2.24, 2.45) is 0 Å². The first-order valence-corrected chi connectivity index (χ1v) is 6.61. The van der Waals surface area contributed by atoms with E-state index in [1.54, 1.807) is 25.5 Å². The third-order valence-electron chi connectivity index (χ3n) is 3.44. The maximum absolute atomic E-state index is 11.3. The van der Waals surface area contributed by atoms with Crippen molar-refractivity contribution in [2.75, 3.05) is 31.1 Å². The number of anilines is 1. The third kappa shape index (κ3) is 2.49. The molecule has 0 atom stereocenters. The van der Waals surface area contributed by atoms with Crippen LogP contribution >= 0.6 is 0 Å². The Balaban J connectivity index is 1.71. The molecule has 0 N–H and O–H groups in total. The molecule has 20 heavy (non-hydrogen) atoms. The summed E-state index contributed by atoms with van der Waals surface area (Å²) in [6, 6.07) is 4.40. The molecule has 1 fully saturated rings. The van der Waals surface area contributed by atoms with E-state index < -0.39 is 0 Å². The van der Waals surface area contributed by atoms with E-state index in [-0.39, 0.29) is 5.91 Å². The van der Waals surface area contributed by atoms with E-state index in [2.05, 4.69) is 14.9 Å². The van der Waals surface area contributed by atoms with Gasteiger partial charge in [0.15, 0.2) is 5.76 Å². The first-order valence-electron chi connectivity index (χ1n) is 6.61. The van der Waals surface area contributed by atoms with Crippen molar-refractivity contribution < 1.29 is 9.21 Å². The van der Waals surface area contributed by atoms with Gasteiger partial charge in [0.1, 0.15) is 0 Å². The van der Waals surface area contributed by atoms with Crippen LogP contribution in [-0.4, -0.2) is 47.0 Å². The van der Waals surface area contributed by atoms with Crippen molar-refractivity contribution in [3.63, 3.8) is 0 Å². The Kier molecular flexibility index (Phi) is 3.37. The second-order valence-electron chi connectivity index (χ2n) is 4.74. The molecular weight excluding hydrogens is 256 g/mol. The first-order chi connectivity index (χ1) is 9.74. The van der Waals surface area contributed by atoms with Crippen LogP contribution in [0.1, 0.15) is 6.92 Å². The molecule has 0 saturated carbocycles. The predicted molar refractivity (Wildman–Crippen MR) is 74.2 cm³/mol. The van der Waals surface area contributed by atoms with Crippen LogP contribution in [-0.2, 0) is 4.79 Å². The van der Waals surface area contributed by atoms with Gasteiger partial charge in [-0.05, 0) is 12.1 Å². The number of nitrogens with zero attached hydrogens (tertiary/aromatic N) is 4. The Bertz CT molecular complexity index is 588. The molecule has 1 aliphatic rings. The summed E-state index contributed by atoms with van der Waals surface area (Å²) in [6.45, 7) is 4.50. The standard InChI is InChI=1S/C14H16N4O2/c1-11(19)17-5-7-18(8-6-17)14-16-10-13(20-14)12-3-2-4-15-9-12/h2-4,9-10H,5-8H2,1H3. The van der Waals surface area contributed by atoms with Crippen LogP contribution in [0.2, 0.25) is 0 Å². The van der Waals surface area contributed by atoms with Gasteiger partial charge in [0.05, 0.1) is 6.20 Å². The highest BCUT2D eigenvalue weighted by molar-refractivity contribution is 5.73. The molecule has 0 unspecified atom stereocenters. The third-order valence-corrected chi connectivity index (χ3v) is 3.44. The Labute approximate surface area is 117 Å². The molecule has 0 bridgehead atoms. The molecule has 3 heterocycles. The number of rotatable bonds is 2. The van der Waals surface area contributed by atoms with E-state index in [1.165, 1.54) is 0 Å². The monoisotopic (exact) mass is 272 g/mol. The van der Waals surface area contributed by atoms with Crippen LogP contribution in [0.15, 0.2) is 35.1 Å². The summed E-state index contributed by atoms with van der Waals surface area (Å²) < 4.78 is 5.78. The van der Waals surface area contributed by atoms with E-state index in [1.807, 2.05) is 17.0 Å². The average molecular weight is 272 g/mol. The molecule has 2 aromatic rings. The molecule has 6 nitrogen and oxygen atoms in total. The Morgan fingerprint density at radius 1 is 1.25 bits per heavy atom. The van der Waals surface area contributed by atoms with Crippen molar-refractivity contribution in [1.29, 1.82) is 0 Å². The lowest BCUT2D eigenvalue weighted by molar-refractivity contribution is -0.129. The molecule has 104 valence electrons. The molecule has 0 radical (unpaired) electrons. The van der Waals surface area contributed by atoms with Crippen LogP contribution < -0.4 is 4.90 Å². The largest absolute Gasteiger partial charge is 0.423 e. The van der Waals surface area contributed by atoms with Gasteiger partial charge in [-0.3, -0.25) is 9.78 Å². The number of piperazine rings is 1. The lowest BCUT2D eigenvalue weighted by atomic mass is 10.2. The number of carbonyl (C=O) groups excluding carboxylic acids is 1. The van der Waals surface area contributed by atoms with E-state index in [0.717, 1.165) is 18.7 Å². The zero-order chi connectivity index (χ0) is 13.9. The maximum atomic E-state index is 11.3. The molecule has 2 aromatic heterocycles. The molecule has 1 aliphatic heterocycles. The minimum Gasteiger partial charge on any atom is -0.423 e. The van der Waals surface area contributed by atoms with Gasteiger partial charge < -0.3 is 14.2 Å². The Morgan fingerprint density at radius 3 is 2.70 bits per heavy atom. The SMILES string of the molecule is CC(=O)N1CCN(c2ncc(-c3cccnc3)o2)CC1. The Morgan fingerprint density at radius 2 is 2.05 bits per heavy atom. The number of amides is 1. The van der Waals surface area contributed by atoms with Gasteiger partial charge in [-0.2, -0.15) is 0 Å². The number of oxazole rings is 1. The highest BCUT2D eigenvalue weighted by Crippen LogP contribution is 2.24. The summed E-state index contributed by atoms with van der Waals surface area (Å²) in [7, 11) is 0. The molecule has 3 rings (SSSR count). The van der Waals surface area contributed by atoms with Crippen LogP contribution in [0, 0.1) is 0 Å². The van der Waals surface area contributed by atoms with Crippen molar-refractivity contribution >= 4 is 11.9 Å². The van der Waals surface area contributed by atoms with E-state index in [4.69, 9.17) is 4.42 Å². The van der Waals surface area contributed by atoms with Crippen LogP contribution in [0.3, 0.4) is 0 Å². The van der Waals surface area contributed by atoms with Crippen molar-refractivity contribution in [2.45, 2.75) is 6.92 Å². The van der Waals surface area contributed by atoms with E-state index in [0.29, 0.717) is 24.9 Å². The van der Waals surface area contributed by atoms with Gasteiger partial charge in [-0.25, -0.2) is 4.98 Å². The van der Waals surface area contributed by atoms with E-state index >= 15 is 0 Å². The molecule has 1 saturated heterocycles. The van der Waals surface area contributed by atoms with Gasteiger partial charge >= 0.3 is 0 Å². The number of hydrogen-bond acceptors (Lipinski definition) is 5. The number of hydrogen-bond donors (Lipinski definition) is 0. The molecule has 1 amide bonds. The van der Waals surface area contributed by atoms with Gasteiger partial charge in [-0.15, -0.1) is 0 Å². The normalized spacial score (nSPS) is 15.4. The lowest BCUT2D eigenvalue weighted by Gasteiger charge is -2.33. The summed E-state index contributed by atoms with van der Waals surface area (Å²) in [6.07, 6.45) is 5.18. The van der Waals surface area contributed by atoms with Gasteiger partial charge in [0.2, 0.25) is 5.91 Å². The van der Waals surface area contributed by atoms with Crippen LogP contribution in [0.4, 0.5) is 6.01 Å². The van der Waals surface area contributed by atoms with Gasteiger partial charge in [-0.1, -0.05) is 0 Å². The van der Waals surface area contributed by atoms with Crippen molar-refractivity contribution in [1.82, 2.24) is 14.9 Å². The van der Waals surface area contributed by atoms with Crippen molar-refractivity contribution in [3.8, 4) is 11.3 Å². The quantitative estimate of drug-likeness (QED) is 0.827. The summed E-state index contributed by atoms with van der Waals surface area (Å²) in [5, 5.41) is 0. The predicted octanol–water partition coefficient (Wildman–Crippen LogP) is 1.41. The summed E-state index contributed by atoms with van der Waals surface area (Å²) in [4.78, 5) is 23.6. The Hall–Kier alpha value is -2.37. The number of pyridine rings is 1. The summed E-state index contributed by atoms with van der Waals surface area (Å²) in [5.41, 5.74) is 0.911. The number of aromatic nitrogens is 2. The van der Waals surface area contributed by atoms with Gasteiger partial charge in [0.25, 0.3) is 6.01 Å². The molecule has 0 aromatic carbocycles. The molecular formula is C14H16N4O2. The molecule has 0 spiro atoms. The fraction of sp³-hybridized carbons (Fsp3) is 0.357. The second kappa shape index (κ2) is 5.32. The smallest absolute Gasteiger partial charge is 0.297 e. The average Bonchev–Trinajstić information content (AvgIpc) is 2.98. The second-order valence-corrected chi connectivity index (χ2v) is 4.74. The highest BCUT2D eigenvalue weighted by Gasteiger charge is 2.22. The fourth-order valence-corrected chi connectivity index (χ4v) is 2.27. The lowest BCUT2D eigenvalue weighted by Crippen LogP contribution is -2.48. The maximum Gasteiger partial charge on any atom is 0.297 e. The highest BCUT2D eigenvalue weighted by atomic mass is 16.4. The minimum absolute atomic E-state index is 0.119. The topological polar surface area (TPSA) is 62.5 Å². The number of carbonyl (C=O) groups is 1. The molecule has 0 aliphatic carbocycles. The van der Waals surface area contributed by atoms with Gasteiger partial charge in [0, 0.05) is 51.1 Å². The van der Waals surface area contributed by atoms with Crippen LogP contribution in [0.5, 0.6) is 0 Å². The van der Waals surface area contributed by atoms with Crippen molar-refractivity contribution in [3.05, 3.63) is 30.7 Å². The van der Waals surface area contributed by atoms with Crippen LogP contribution in [0.25, 0.3) is 11.3 Å². The zero-order valence-electron chi connectivity index (χ0n) is 11.3. The molecule has 6 heteroatoms. The first kappa shape index (κ1) is 12.7.